The van der Waals surface area contributed by atoms with E-state index in [0.29, 0.717) is 0 Å². The molecular weight excluding hydrogens is 278 g/mol. The Morgan fingerprint density at radius 2 is 1.94 bits per heavy atom. The number of hydrogen-bond donors (Lipinski definition) is 1. The Balaban J connectivity index is 2.64. The second-order valence-corrected chi connectivity index (χ2v) is 5.93. The van der Waals surface area contributed by atoms with Gasteiger partial charge in [-0.3, -0.25) is 0 Å². The molecule has 0 aliphatic rings. The number of hydrogen-bond acceptors (Lipinski definition) is 2. The number of rotatable bonds is 5. The lowest BCUT2D eigenvalue weighted by atomic mass is 10.0. The Hall–Kier alpha value is -0.540. The van der Waals surface area contributed by atoms with Gasteiger partial charge in [-0.1, -0.05) is 6.07 Å². The summed E-state index contributed by atoms with van der Waals surface area (Å²) in [5.74, 6) is 0. The highest BCUT2D eigenvalue weighted by atomic mass is 79.9. The Bertz CT molecular complexity index is 365. The topological polar surface area (TPSA) is 21.3 Å². The summed E-state index contributed by atoms with van der Waals surface area (Å²) in [6.45, 7) is 9.35. The van der Waals surface area contributed by atoms with Crippen molar-refractivity contribution in [2.75, 3.05) is 19.0 Å². The Labute approximate surface area is 113 Å². The van der Waals surface area contributed by atoms with Crippen LogP contribution >= 0.6 is 15.9 Å². The first-order valence-electron chi connectivity index (χ1n) is 5.91. The number of ether oxygens (including phenoxy) is 1. The molecule has 0 amide bonds. The molecule has 17 heavy (non-hydrogen) atoms. The van der Waals surface area contributed by atoms with Crippen LogP contribution < -0.4 is 5.32 Å². The maximum Gasteiger partial charge on any atom is 0.0639 e. The van der Waals surface area contributed by atoms with Gasteiger partial charge >= 0.3 is 0 Å². The number of halogens is 1. The van der Waals surface area contributed by atoms with Crippen molar-refractivity contribution in [3.05, 3.63) is 27.7 Å². The van der Waals surface area contributed by atoms with Gasteiger partial charge in [-0.05, 0) is 67.2 Å². The summed E-state index contributed by atoms with van der Waals surface area (Å²) in [6, 6.07) is 4.32. The maximum absolute atomic E-state index is 5.40. The van der Waals surface area contributed by atoms with Crippen molar-refractivity contribution < 1.29 is 4.74 Å². The molecule has 2 nitrogen and oxygen atoms in total. The van der Waals surface area contributed by atoms with Gasteiger partial charge in [-0.2, -0.15) is 0 Å². The van der Waals surface area contributed by atoms with Crippen molar-refractivity contribution in [1.29, 1.82) is 0 Å². The average molecular weight is 300 g/mol. The van der Waals surface area contributed by atoms with Crippen LogP contribution in [0, 0.1) is 13.8 Å². The van der Waals surface area contributed by atoms with Crippen LogP contribution in [0.3, 0.4) is 0 Å². The van der Waals surface area contributed by atoms with Crippen LogP contribution in [-0.4, -0.2) is 19.3 Å². The molecular formula is C14H22BrNO. The molecule has 0 spiro atoms. The molecule has 3 heteroatoms. The highest BCUT2D eigenvalue weighted by Crippen LogP contribution is 2.28. The number of aryl methyl sites for hydroxylation is 2. The SMILES string of the molecule is COC(C)(C)CCNc1c(C)cc(C)cc1Br. The minimum atomic E-state index is -0.0714. The molecule has 0 atom stereocenters. The first kappa shape index (κ1) is 14.5. The largest absolute Gasteiger partial charge is 0.384 e. The van der Waals surface area contributed by atoms with Crippen molar-refractivity contribution in [3.63, 3.8) is 0 Å². The summed E-state index contributed by atoms with van der Waals surface area (Å²) in [6.07, 6.45) is 0.975. The number of nitrogens with one attached hydrogen (secondary N) is 1. The van der Waals surface area contributed by atoms with E-state index < -0.39 is 0 Å². The Morgan fingerprint density at radius 1 is 1.29 bits per heavy atom. The van der Waals surface area contributed by atoms with E-state index in [2.05, 4.69) is 61.1 Å². The summed E-state index contributed by atoms with van der Waals surface area (Å²) in [7, 11) is 1.76. The fourth-order valence-corrected chi connectivity index (χ4v) is 2.54. The third-order valence-corrected chi connectivity index (χ3v) is 3.64. The van der Waals surface area contributed by atoms with Gasteiger partial charge in [0, 0.05) is 18.1 Å². The third-order valence-electron chi connectivity index (χ3n) is 3.01. The molecule has 0 aromatic heterocycles. The Kier molecular flexibility index (Phi) is 5.02. The minimum absolute atomic E-state index is 0.0714. The Morgan fingerprint density at radius 3 is 2.47 bits per heavy atom. The molecule has 1 aromatic rings. The summed E-state index contributed by atoms with van der Waals surface area (Å²) < 4.78 is 6.53. The standard InChI is InChI=1S/C14H22BrNO/c1-10-8-11(2)13(12(15)9-10)16-7-6-14(3,4)17-5/h8-9,16H,6-7H2,1-5H3. The minimum Gasteiger partial charge on any atom is -0.384 e. The van der Waals surface area contributed by atoms with Crippen molar-refractivity contribution in [2.24, 2.45) is 0 Å². The first-order valence-corrected chi connectivity index (χ1v) is 6.71. The van der Waals surface area contributed by atoms with Crippen LogP contribution in [0.25, 0.3) is 0 Å². The zero-order valence-corrected chi connectivity index (χ0v) is 12.9. The predicted octanol–water partition coefficient (Wildman–Crippen LogP) is 4.29. The van der Waals surface area contributed by atoms with Gasteiger partial charge in [0.05, 0.1) is 11.3 Å². The predicted molar refractivity (Wildman–Crippen MR) is 77.8 cm³/mol. The van der Waals surface area contributed by atoms with E-state index in [-0.39, 0.29) is 5.60 Å². The molecule has 96 valence electrons. The molecule has 1 N–H and O–H groups in total. The summed E-state index contributed by atoms with van der Waals surface area (Å²) in [5.41, 5.74) is 3.66. The molecule has 0 saturated carbocycles. The van der Waals surface area contributed by atoms with E-state index in [1.54, 1.807) is 7.11 Å². The number of anilines is 1. The van der Waals surface area contributed by atoms with E-state index in [1.165, 1.54) is 16.8 Å². The second kappa shape index (κ2) is 5.87. The normalized spacial score (nSPS) is 11.6. The van der Waals surface area contributed by atoms with Crippen LogP contribution in [0.2, 0.25) is 0 Å². The second-order valence-electron chi connectivity index (χ2n) is 5.08. The highest BCUT2D eigenvalue weighted by molar-refractivity contribution is 9.10. The van der Waals surface area contributed by atoms with Crippen molar-refractivity contribution >= 4 is 21.6 Å². The number of methoxy groups -OCH3 is 1. The van der Waals surface area contributed by atoms with Gasteiger partial charge in [-0.25, -0.2) is 0 Å². The molecule has 0 fully saturated rings. The molecule has 0 aliphatic carbocycles. The molecule has 0 bridgehead atoms. The van der Waals surface area contributed by atoms with E-state index in [1.807, 2.05) is 0 Å². The highest BCUT2D eigenvalue weighted by Gasteiger charge is 2.15. The van der Waals surface area contributed by atoms with Gasteiger partial charge in [0.25, 0.3) is 0 Å². The molecule has 0 unspecified atom stereocenters. The fraction of sp³-hybridized carbons (Fsp3) is 0.571. The lowest BCUT2D eigenvalue weighted by Gasteiger charge is -2.23. The number of benzene rings is 1. The smallest absolute Gasteiger partial charge is 0.0639 e. The van der Waals surface area contributed by atoms with E-state index in [4.69, 9.17) is 4.74 Å². The summed E-state index contributed by atoms with van der Waals surface area (Å²) >= 11 is 3.60. The molecule has 1 aromatic carbocycles. The van der Waals surface area contributed by atoms with Crippen LogP contribution in [-0.2, 0) is 4.74 Å². The molecule has 0 aliphatic heterocycles. The van der Waals surface area contributed by atoms with Gasteiger partial charge in [0.1, 0.15) is 0 Å². The maximum atomic E-state index is 5.40. The van der Waals surface area contributed by atoms with Crippen LogP contribution in [0.4, 0.5) is 5.69 Å². The van der Waals surface area contributed by atoms with Crippen molar-refractivity contribution in [3.8, 4) is 0 Å². The molecule has 0 radical (unpaired) electrons. The first-order chi connectivity index (χ1) is 7.85. The average Bonchev–Trinajstić information content (AvgIpc) is 2.22. The van der Waals surface area contributed by atoms with Crippen LogP contribution in [0.1, 0.15) is 31.4 Å². The van der Waals surface area contributed by atoms with E-state index in [9.17, 15) is 0 Å². The van der Waals surface area contributed by atoms with Gasteiger partial charge in [0.15, 0.2) is 0 Å². The van der Waals surface area contributed by atoms with Crippen molar-refractivity contribution in [2.45, 2.75) is 39.7 Å². The zero-order valence-electron chi connectivity index (χ0n) is 11.4. The van der Waals surface area contributed by atoms with E-state index >= 15 is 0 Å². The molecule has 1 rings (SSSR count). The monoisotopic (exact) mass is 299 g/mol. The van der Waals surface area contributed by atoms with Crippen LogP contribution in [0.15, 0.2) is 16.6 Å². The summed E-state index contributed by atoms with van der Waals surface area (Å²) in [4.78, 5) is 0. The van der Waals surface area contributed by atoms with Gasteiger partial charge in [-0.15, -0.1) is 0 Å². The lowest BCUT2D eigenvalue weighted by molar-refractivity contribution is 0.0185. The van der Waals surface area contributed by atoms with Crippen molar-refractivity contribution in [1.82, 2.24) is 0 Å². The molecule has 0 heterocycles. The quantitative estimate of drug-likeness (QED) is 0.875. The van der Waals surface area contributed by atoms with Gasteiger partial charge in [0.2, 0.25) is 0 Å². The lowest BCUT2D eigenvalue weighted by Crippen LogP contribution is -2.26. The van der Waals surface area contributed by atoms with Crippen LogP contribution in [0.5, 0.6) is 0 Å². The van der Waals surface area contributed by atoms with E-state index in [0.717, 1.165) is 17.4 Å². The molecule has 0 saturated heterocycles. The van der Waals surface area contributed by atoms with Gasteiger partial charge < -0.3 is 10.1 Å². The zero-order chi connectivity index (χ0) is 13.1. The fourth-order valence-electron chi connectivity index (χ4n) is 1.73. The third kappa shape index (κ3) is 4.32. The summed E-state index contributed by atoms with van der Waals surface area (Å²) in [5, 5.41) is 3.47.